The van der Waals surface area contributed by atoms with Gasteiger partial charge in [-0.2, -0.15) is 0 Å². The molecule has 2 rings (SSSR count). The second-order valence-electron chi connectivity index (χ2n) is 4.40. The van der Waals surface area contributed by atoms with E-state index < -0.39 is 15.6 Å². The molecule has 0 atom stereocenters. The Bertz CT molecular complexity index is 317. The number of hydrogen-bond donors (Lipinski definition) is 2. The van der Waals surface area contributed by atoms with E-state index in [-0.39, 0.29) is 11.9 Å². The van der Waals surface area contributed by atoms with Gasteiger partial charge in [0.05, 0.1) is 17.4 Å². The topological polar surface area (TPSA) is 75.6 Å². The minimum absolute atomic E-state index is 0.150. The van der Waals surface area contributed by atoms with Crippen LogP contribution in [0.15, 0.2) is 0 Å². The Balaban J connectivity index is 2.06. The van der Waals surface area contributed by atoms with Crippen molar-refractivity contribution in [1.82, 2.24) is 4.72 Å². The lowest BCUT2D eigenvalue weighted by Gasteiger charge is -2.35. The van der Waals surface area contributed by atoms with Gasteiger partial charge >= 0.3 is 0 Å². The van der Waals surface area contributed by atoms with Gasteiger partial charge in [0.25, 0.3) is 0 Å². The Morgan fingerprint density at radius 3 is 2.40 bits per heavy atom. The Morgan fingerprint density at radius 1 is 1.33 bits per heavy atom. The molecule has 0 aromatic heterocycles. The van der Waals surface area contributed by atoms with Crippen LogP contribution in [-0.2, 0) is 14.8 Å². The monoisotopic (exact) mass is 235 g/mol. The summed E-state index contributed by atoms with van der Waals surface area (Å²) in [7, 11) is -3.22. The van der Waals surface area contributed by atoms with E-state index in [1.54, 1.807) is 0 Å². The summed E-state index contributed by atoms with van der Waals surface area (Å²) in [5.41, 5.74) is -0.681. The van der Waals surface area contributed by atoms with Crippen LogP contribution in [-0.4, -0.2) is 44.1 Å². The number of ether oxygens (including phenoxy) is 1. The van der Waals surface area contributed by atoms with Crippen molar-refractivity contribution in [1.29, 1.82) is 0 Å². The molecular weight excluding hydrogens is 218 g/mol. The fraction of sp³-hybridized carbons (Fsp3) is 1.00. The Kier molecular flexibility index (Phi) is 3.03. The summed E-state index contributed by atoms with van der Waals surface area (Å²) in [6.45, 7) is 0.865. The van der Waals surface area contributed by atoms with Gasteiger partial charge in [-0.05, 0) is 25.7 Å². The van der Waals surface area contributed by atoms with Gasteiger partial charge in [-0.25, -0.2) is 13.1 Å². The minimum atomic E-state index is -3.22. The predicted octanol–water partition coefficient (Wildman–Crippen LogP) is -0.390. The molecule has 15 heavy (non-hydrogen) atoms. The summed E-state index contributed by atoms with van der Waals surface area (Å²) in [5.74, 6) is 0. The zero-order valence-electron chi connectivity index (χ0n) is 8.61. The number of sulfonamides is 1. The lowest BCUT2D eigenvalue weighted by Crippen LogP contribution is -2.55. The highest BCUT2D eigenvalue weighted by Crippen LogP contribution is 2.30. The molecule has 2 fully saturated rings. The van der Waals surface area contributed by atoms with Gasteiger partial charge in [0.1, 0.15) is 0 Å². The lowest BCUT2D eigenvalue weighted by atomic mass is 9.93. The van der Waals surface area contributed by atoms with E-state index in [0.29, 0.717) is 26.1 Å². The van der Waals surface area contributed by atoms with Crippen molar-refractivity contribution in [3.8, 4) is 0 Å². The quantitative estimate of drug-likeness (QED) is 0.696. The Labute approximate surface area is 89.9 Å². The van der Waals surface area contributed by atoms with Crippen LogP contribution >= 0.6 is 0 Å². The molecule has 0 radical (unpaired) electrons. The van der Waals surface area contributed by atoms with E-state index >= 15 is 0 Å². The van der Waals surface area contributed by atoms with Gasteiger partial charge in [0.15, 0.2) is 0 Å². The van der Waals surface area contributed by atoms with Crippen LogP contribution in [0.25, 0.3) is 0 Å². The third-order valence-corrected chi connectivity index (χ3v) is 5.14. The van der Waals surface area contributed by atoms with Gasteiger partial charge < -0.3 is 9.84 Å². The molecule has 1 aliphatic heterocycles. The van der Waals surface area contributed by atoms with Gasteiger partial charge in [0, 0.05) is 13.2 Å². The van der Waals surface area contributed by atoms with Crippen molar-refractivity contribution in [3.63, 3.8) is 0 Å². The first-order chi connectivity index (χ1) is 7.08. The summed E-state index contributed by atoms with van der Waals surface area (Å²) in [6, 6.07) is 0. The van der Waals surface area contributed by atoms with Crippen LogP contribution in [0.3, 0.4) is 0 Å². The standard InChI is InChI=1S/C9H17NO4S/c11-7-9(3-5-14-6-4-9)10-15(12,13)8-1-2-8/h8,10-11H,1-7H2. The van der Waals surface area contributed by atoms with Gasteiger partial charge in [-0.1, -0.05) is 0 Å². The van der Waals surface area contributed by atoms with Crippen LogP contribution in [0.2, 0.25) is 0 Å². The molecule has 5 nitrogen and oxygen atoms in total. The van der Waals surface area contributed by atoms with E-state index in [2.05, 4.69) is 4.72 Å². The van der Waals surface area contributed by atoms with Crippen molar-refractivity contribution in [2.75, 3.05) is 19.8 Å². The van der Waals surface area contributed by atoms with Crippen molar-refractivity contribution in [2.45, 2.75) is 36.5 Å². The molecule has 1 saturated carbocycles. The molecule has 1 heterocycles. The molecule has 0 aromatic carbocycles. The molecule has 2 N–H and O–H groups in total. The molecule has 88 valence electrons. The maximum atomic E-state index is 11.8. The number of aliphatic hydroxyl groups excluding tert-OH is 1. The lowest BCUT2D eigenvalue weighted by molar-refractivity contribution is 0.0222. The van der Waals surface area contributed by atoms with Crippen LogP contribution in [0, 0.1) is 0 Å². The van der Waals surface area contributed by atoms with Crippen molar-refractivity contribution < 1.29 is 18.3 Å². The normalized spacial score (nSPS) is 26.5. The third-order valence-electron chi connectivity index (χ3n) is 3.07. The van der Waals surface area contributed by atoms with E-state index in [1.165, 1.54) is 0 Å². The number of aliphatic hydroxyl groups is 1. The fourth-order valence-corrected chi connectivity index (χ4v) is 3.61. The minimum Gasteiger partial charge on any atom is -0.394 e. The number of hydrogen-bond acceptors (Lipinski definition) is 4. The van der Waals surface area contributed by atoms with Gasteiger partial charge in [-0.15, -0.1) is 0 Å². The molecule has 0 spiro atoms. The SMILES string of the molecule is O=S(=O)(NC1(CO)CCOCC1)C1CC1. The maximum absolute atomic E-state index is 11.8. The van der Waals surface area contributed by atoms with E-state index in [0.717, 1.165) is 12.8 Å². The predicted molar refractivity (Wildman–Crippen MR) is 54.9 cm³/mol. The Morgan fingerprint density at radius 2 is 1.93 bits per heavy atom. The van der Waals surface area contributed by atoms with E-state index in [4.69, 9.17) is 4.74 Å². The number of nitrogens with one attached hydrogen (secondary N) is 1. The summed E-state index contributed by atoms with van der Waals surface area (Å²) in [4.78, 5) is 0. The summed E-state index contributed by atoms with van der Waals surface area (Å²) in [5, 5.41) is 9.09. The molecule has 1 aliphatic carbocycles. The van der Waals surface area contributed by atoms with Crippen molar-refractivity contribution in [3.05, 3.63) is 0 Å². The van der Waals surface area contributed by atoms with Crippen LogP contribution in [0.1, 0.15) is 25.7 Å². The first kappa shape index (κ1) is 11.3. The highest BCUT2D eigenvalue weighted by atomic mass is 32.2. The second kappa shape index (κ2) is 4.01. The summed E-state index contributed by atoms with van der Waals surface area (Å²) < 4.78 is 31.4. The molecule has 0 bridgehead atoms. The summed E-state index contributed by atoms with van der Waals surface area (Å²) in [6.07, 6.45) is 2.59. The van der Waals surface area contributed by atoms with Crippen molar-refractivity contribution >= 4 is 10.0 Å². The molecule has 0 aromatic rings. The molecule has 0 unspecified atom stereocenters. The average molecular weight is 235 g/mol. The second-order valence-corrected chi connectivity index (χ2v) is 6.36. The Hall–Kier alpha value is -0.170. The zero-order chi connectivity index (χ0) is 10.9. The van der Waals surface area contributed by atoms with Gasteiger partial charge in [-0.3, -0.25) is 0 Å². The average Bonchev–Trinajstić information content (AvgIpc) is 3.02. The number of rotatable bonds is 4. The highest BCUT2D eigenvalue weighted by molar-refractivity contribution is 7.90. The van der Waals surface area contributed by atoms with Crippen LogP contribution in [0.5, 0.6) is 0 Å². The molecule has 0 amide bonds. The molecular formula is C9H17NO4S. The molecule has 2 aliphatic rings. The van der Waals surface area contributed by atoms with E-state index in [9.17, 15) is 13.5 Å². The third kappa shape index (κ3) is 2.50. The summed E-state index contributed by atoms with van der Waals surface area (Å²) >= 11 is 0. The maximum Gasteiger partial charge on any atom is 0.215 e. The van der Waals surface area contributed by atoms with Crippen LogP contribution in [0.4, 0.5) is 0 Å². The zero-order valence-corrected chi connectivity index (χ0v) is 9.42. The van der Waals surface area contributed by atoms with Gasteiger partial charge in [0.2, 0.25) is 10.0 Å². The first-order valence-electron chi connectivity index (χ1n) is 5.29. The van der Waals surface area contributed by atoms with Crippen molar-refractivity contribution in [2.24, 2.45) is 0 Å². The largest absolute Gasteiger partial charge is 0.394 e. The van der Waals surface area contributed by atoms with E-state index in [1.807, 2.05) is 0 Å². The van der Waals surface area contributed by atoms with Crippen LogP contribution < -0.4 is 4.72 Å². The smallest absolute Gasteiger partial charge is 0.215 e. The fourth-order valence-electron chi connectivity index (χ4n) is 1.82. The molecule has 1 saturated heterocycles. The highest BCUT2D eigenvalue weighted by Gasteiger charge is 2.42. The first-order valence-corrected chi connectivity index (χ1v) is 6.84. The molecule has 6 heteroatoms.